The minimum Gasteiger partial charge on any atom is -0.402 e. The standard InChI is InChI=1S/C17H23ClN6O/c1-11-9-24(5-4-20-11)10-13-6-14(18)7-15(12(13)2)21-17-23-22-16(25-17)8-19-3/h6-8,11,20H,4-5,9-10H2,1-3H3,(H,21,23)/t11-/m0/s1. The summed E-state index contributed by atoms with van der Waals surface area (Å²) in [5.74, 6) is 0.361. The molecular formula is C17H23ClN6O. The van der Waals surface area contributed by atoms with Crippen molar-refractivity contribution in [3.05, 3.63) is 34.2 Å². The Morgan fingerprint density at radius 1 is 1.48 bits per heavy atom. The molecule has 1 atom stereocenters. The Morgan fingerprint density at radius 3 is 3.08 bits per heavy atom. The van der Waals surface area contributed by atoms with Gasteiger partial charge < -0.3 is 15.1 Å². The van der Waals surface area contributed by atoms with Crippen LogP contribution in [-0.2, 0) is 6.54 Å². The maximum Gasteiger partial charge on any atom is 0.320 e. The molecule has 1 aliphatic rings. The summed E-state index contributed by atoms with van der Waals surface area (Å²) >= 11 is 6.33. The first-order valence-corrected chi connectivity index (χ1v) is 8.70. The van der Waals surface area contributed by atoms with Crippen molar-refractivity contribution in [1.82, 2.24) is 20.4 Å². The highest BCUT2D eigenvalue weighted by Crippen LogP contribution is 2.28. The first-order valence-electron chi connectivity index (χ1n) is 8.32. The molecule has 1 saturated heterocycles. The molecule has 0 spiro atoms. The summed E-state index contributed by atoms with van der Waals surface area (Å²) in [6, 6.07) is 4.72. The van der Waals surface area contributed by atoms with Crippen LogP contribution in [0.4, 0.5) is 11.7 Å². The molecule has 0 saturated carbocycles. The zero-order valence-corrected chi connectivity index (χ0v) is 15.5. The van der Waals surface area contributed by atoms with Gasteiger partial charge in [0.2, 0.25) is 0 Å². The topological polar surface area (TPSA) is 78.6 Å². The lowest BCUT2D eigenvalue weighted by Crippen LogP contribution is -2.48. The van der Waals surface area contributed by atoms with Gasteiger partial charge in [0.05, 0.1) is 6.21 Å². The molecule has 25 heavy (non-hydrogen) atoms. The van der Waals surface area contributed by atoms with Crippen molar-refractivity contribution in [2.45, 2.75) is 26.4 Å². The van der Waals surface area contributed by atoms with Crippen LogP contribution in [0.15, 0.2) is 21.5 Å². The predicted molar refractivity (Wildman–Crippen MR) is 100 cm³/mol. The number of anilines is 2. The molecule has 2 aromatic rings. The third-order valence-electron chi connectivity index (χ3n) is 4.25. The number of aromatic nitrogens is 2. The molecular weight excluding hydrogens is 340 g/mol. The second-order valence-electron chi connectivity index (χ2n) is 6.29. The molecule has 0 amide bonds. The summed E-state index contributed by atoms with van der Waals surface area (Å²) in [6.07, 6.45) is 1.51. The molecule has 2 N–H and O–H groups in total. The lowest BCUT2D eigenvalue weighted by molar-refractivity contribution is 0.199. The van der Waals surface area contributed by atoms with Crippen LogP contribution < -0.4 is 10.6 Å². The Balaban J connectivity index is 1.78. The highest BCUT2D eigenvalue weighted by atomic mass is 35.5. The summed E-state index contributed by atoms with van der Waals surface area (Å²) in [5, 5.41) is 15.2. The van der Waals surface area contributed by atoms with E-state index in [0.717, 1.165) is 37.4 Å². The molecule has 8 heteroatoms. The van der Waals surface area contributed by atoms with Gasteiger partial charge in [0.15, 0.2) is 0 Å². The van der Waals surface area contributed by atoms with Gasteiger partial charge in [-0.3, -0.25) is 9.89 Å². The zero-order chi connectivity index (χ0) is 17.8. The summed E-state index contributed by atoms with van der Waals surface area (Å²) < 4.78 is 5.48. The monoisotopic (exact) mass is 362 g/mol. The van der Waals surface area contributed by atoms with Crippen molar-refractivity contribution in [2.75, 3.05) is 32.0 Å². The second-order valence-corrected chi connectivity index (χ2v) is 6.72. The van der Waals surface area contributed by atoms with Gasteiger partial charge in [0.1, 0.15) is 0 Å². The van der Waals surface area contributed by atoms with Crippen molar-refractivity contribution in [3.63, 3.8) is 0 Å². The van der Waals surface area contributed by atoms with Gasteiger partial charge in [-0.05, 0) is 37.1 Å². The minimum absolute atomic E-state index is 0.321. The summed E-state index contributed by atoms with van der Waals surface area (Å²) in [6.45, 7) is 8.21. The average Bonchev–Trinajstić information content (AvgIpc) is 2.99. The largest absolute Gasteiger partial charge is 0.402 e. The normalized spacial score (nSPS) is 18.8. The van der Waals surface area contributed by atoms with E-state index < -0.39 is 0 Å². The Labute approximate surface area is 152 Å². The van der Waals surface area contributed by atoms with Crippen LogP contribution in [0, 0.1) is 6.92 Å². The van der Waals surface area contributed by atoms with Crippen molar-refractivity contribution in [1.29, 1.82) is 0 Å². The molecule has 0 radical (unpaired) electrons. The molecule has 1 aromatic carbocycles. The number of nitrogens with one attached hydrogen (secondary N) is 2. The van der Waals surface area contributed by atoms with Gasteiger partial charge in [-0.2, -0.15) is 0 Å². The fourth-order valence-electron chi connectivity index (χ4n) is 2.99. The van der Waals surface area contributed by atoms with E-state index in [9.17, 15) is 0 Å². The first kappa shape index (κ1) is 17.8. The SMILES string of the molecule is CN=Cc1nnc(Nc2cc(Cl)cc(CN3CCN[C@@H](C)C3)c2C)o1. The van der Waals surface area contributed by atoms with Gasteiger partial charge in [-0.1, -0.05) is 16.7 Å². The number of hydrogen-bond acceptors (Lipinski definition) is 7. The Bertz CT molecular complexity index is 760. The molecule has 7 nitrogen and oxygen atoms in total. The Morgan fingerprint density at radius 2 is 2.32 bits per heavy atom. The Hall–Kier alpha value is -1.96. The van der Waals surface area contributed by atoms with E-state index in [0.29, 0.717) is 23.0 Å². The molecule has 134 valence electrons. The van der Waals surface area contributed by atoms with Crippen LogP contribution in [0.3, 0.4) is 0 Å². The Kier molecular flexibility index (Phi) is 5.67. The van der Waals surface area contributed by atoms with Crippen molar-refractivity contribution < 1.29 is 4.42 Å². The van der Waals surface area contributed by atoms with Crippen LogP contribution in [-0.4, -0.2) is 54.0 Å². The molecule has 2 heterocycles. The quantitative estimate of drug-likeness (QED) is 0.796. The molecule has 1 fully saturated rings. The number of aliphatic imine (C=N–C) groups is 1. The van der Waals surface area contributed by atoms with E-state index in [2.05, 4.69) is 44.6 Å². The lowest BCUT2D eigenvalue weighted by atomic mass is 10.1. The van der Waals surface area contributed by atoms with Crippen LogP contribution in [0.25, 0.3) is 0 Å². The number of rotatable bonds is 5. The highest BCUT2D eigenvalue weighted by Gasteiger charge is 2.18. The fourth-order valence-corrected chi connectivity index (χ4v) is 3.23. The molecule has 0 unspecified atom stereocenters. The van der Waals surface area contributed by atoms with Crippen LogP contribution >= 0.6 is 11.6 Å². The maximum atomic E-state index is 6.33. The van der Waals surface area contributed by atoms with Crippen LogP contribution in [0.5, 0.6) is 0 Å². The van der Waals surface area contributed by atoms with Gasteiger partial charge in [0, 0.05) is 50.0 Å². The minimum atomic E-state index is 0.321. The van der Waals surface area contributed by atoms with Crippen LogP contribution in [0.2, 0.25) is 5.02 Å². The predicted octanol–water partition coefficient (Wildman–Crippen LogP) is 2.62. The van der Waals surface area contributed by atoms with Gasteiger partial charge in [0.25, 0.3) is 5.89 Å². The average molecular weight is 363 g/mol. The second kappa shape index (κ2) is 7.95. The van der Waals surface area contributed by atoms with Crippen molar-refractivity contribution >= 4 is 29.5 Å². The number of halogens is 1. The lowest BCUT2D eigenvalue weighted by Gasteiger charge is -2.32. The number of nitrogens with zero attached hydrogens (tertiary/aromatic N) is 4. The number of benzene rings is 1. The maximum absolute atomic E-state index is 6.33. The molecule has 0 aliphatic carbocycles. The van der Waals surface area contributed by atoms with E-state index in [1.165, 1.54) is 11.8 Å². The molecule has 1 aliphatic heterocycles. The van der Waals surface area contributed by atoms with E-state index >= 15 is 0 Å². The van der Waals surface area contributed by atoms with E-state index in [1.54, 1.807) is 7.05 Å². The zero-order valence-electron chi connectivity index (χ0n) is 14.7. The molecule has 1 aromatic heterocycles. The highest BCUT2D eigenvalue weighted by molar-refractivity contribution is 6.31. The number of hydrogen-bond donors (Lipinski definition) is 2. The fraction of sp³-hybridized carbons (Fsp3) is 0.471. The third-order valence-corrected chi connectivity index (χ3v) is 4.47. The van der Waals surface area contributed by atoms with Crippen LogP contribution in [0.1, 0.15) is 23.9 Å². The summed E-state index contributed by atoms with van der Waals surface area (Å²) in [5.41, 5.74) is 3.19. The van der Waals surface area contributed by atoms with E-state index in [1.807, 2.05) is 12.1 Å². The van der Waals surface area contributed by atoms with Crippen molar-refractivity contribution in [3.8, 4) is 0 Å². The number of piperazine rings is 1. The van der Waals surface area contributed by atoms with E-state index in [4.69, 9.17) is 16.0 Å². The molecule has 3 rings (SSSR count). The summed E-state index contributed by atoms with van der Waals surface area (Å²) in [4.78, 5) is 6.30. The first-order chi connectivity index (χ1) is 12.0. The van der Waals surface area contributed by atoms with Gasteiger partial charge >= 0.3 is 6.01 Å². The summed E-state index contributed by atoms with van der Waals surface area (Å²) in [7, 11) is 1.65. The van der Waals surface area contributed by atoms with Crippen molar-refractivity contribution in [2.24, 2.45) is 4.99 Å². The third kappa shape index (κ3) is 4.56. The van der Waals surface area contributed by atoms with Gasteiger partial charge in [-0.25, -0.2) is 0 Å². The smallest absolute Gasteiger partial charge is 0.320 e. The molecule has 0 bridgehead atoms. The van der Waals surface area contributed by atoms with Gasteiger partial charge in [-0.15, -0.1) is 5.10 Å². The van der Waals surface area contributed by atoms with E-state index in [-0.39, 0.29) is 0 Å².